The summed E-state index contributed by atoms with van der Waals surface area (Å²) < 4.78 is 0. The molecule has 0 bridgehead atoms. The molecule has 1 fully saturated rings. The SMILES string of the molecule is CC1CN([C@H](c2ccccc2)c2cccc(-c3ccccc3)c2)CCN1CC(=O)O. The number of rotatable bonds is 6. The second-order valence-corrected chi connectivity index (χ2v) is 8.01. The molecule has 2 atom stereocenters. The van der Waals surface area contributed by atoms with Gasteiger partial charge < -0.3 is 5.11 Å². The molecule has 4 heteroatoms. The highest BCUT2D eigenvalue weighted by molar-refractivity contribution is 5.69. The molecule has 3 aromatic carbocycles. The predicted molar refractivity (Wildman–Crippen MR) is 120 cm³/mol. The molecule has 0 amide bonds. The van der Waals surface area contributed by atoms with E-state index in [1.165, 1.54) is 22.3 Å². The summed E-state index contributed by atoms with van der Waals surface area (Å²) in [5.41, 5.74) is 4.96. The first-order chi connectivity index (χ1) is 14.6. The van der Waals surface area contributed by atoms with Crippen molar-refractivity contribution in [1.82, 2.24) is 9.80 Å². The molecule has 4 nitrogen and oxygen atoms in total. The average Bonchev–Trinajstić information content (AvgIpc) is 2.77. The van der Waals surface area contributed by atoms with Gasteiger partial charge in [-0.05, 0) is 35.2 Å². The first-order valence-corrected chi connectivity index (χ1v) is 10.5. The molecule has 1 aliphatic rings. The molecule has 4 rings (SSSR count). The fourth-order valence-electron chi connectivity index (χ4n) is 4.43. The Kier molecular flexibility index (Phi) is 6.26. The highest BCUT2D eigenvalue weighted by Gasteiger charge is 2.31. The third-order valence-corrected chi connectivity index (χ3v) is 5.92. The highest BCUT2D eigenvalue weighted by Crippen LogP contribution is 2.33. The van der Waals surface area contributed by atoms with Crippen molar-refractivity contribution in [2.75, 3.05) is 26.2 Å². The molecule has 0 radical (unpaired) electrons. The Morgan fingerprint density at radius 3 is 2.20 bits per heavy atom. The third kappa shape index (κ3) is 4.61. The first kappa shape index (κ1) is 20.3. The molecule has 30 heavy (non-hydrogen) atoms. The van der Waals surface area contributed by atoms with E-state index >= 15 is 0 Å². The van der Waals surface area contributed by atoms with E-state index in [2.05, 4.69) is 89.5 Å². The summed E-state index contributed by atoms with van der Waals surface area (Å²) in [5.74, 6) is -0.759. The fourth-order valence-corrected chi connectivity index (χ4v) is 4.43. The second kappa shape index (κ2) is 9.24. The average molecular weight is 401 g/mol. The molecule has 0 saturated carbocycles. The van der Waals surface area contributed by atoms with Crippen LogP contribution in [0, 0.1) is 0 Å². The number of carbonyl (C=O) groups is 1. The van der Waals surface area contributed by atoms with Crippen LogP contribution in [0.25, 0.3) is 11.1 Å². The highest BCUT2D eigenvalue weighted by atomic mass is 16.4. The maximum atomic E-state index is 11.2. The molecule has 1 N–H and O–H groups in total. The number of benzene rings is 3. The summed E-state index contributed by atoms with van der Waals surface area (Å²) in [7, 11) is 0. The van der Waals surface area contributed by atoms with E-state index in [1.807, 2.05) is 12.1 Å². The molecular formula is C26H28N2O2. The van der Waals surface area contributed by atoms with Crippen LogP contribution in [0.15, 0.2) is 84.9 Å². The number of carboxylic acid groups (broad SMARTS) is 1. The van der Waals surface area contributed by atoms with Gasteiger partial charge in [-0.15, -0.1) is 0 Å². The van der Waals surface area contributed by atoms with Crippen molar-refractivity contribution in [3.8, 4) is 11.1 Å². The Hall–Kier alpha value is -2.95. The molecule has 1 saturated heterocycles. The van der Waals surface area contributed by atoms with Gasteiger partial charge in [0.05, 0.1) is 12.6 Å². The van der Waals surface area contributed by atoms with Gasteiger partial charge >= 0.3 is 5.97 Å². The number of hydrogen-bond donors (Lipinski definition) is 1. The van der Waals surface area contributed by atoms with Crippen molar-refractivity contribution < 1.29 is 9.90 Å². The Balaban J connectivity index is 1.66. The van der Waals surface area contributed by atoms with Crippen molar-refractivity contribution in [2.24, 2.45) is 0 Å². The van der Waals surface area contributed by atoms with E-state index in [-0.39, 0.29) is 18.6 Å². The van der Waals surface area contributed by atoms with Crippen LogP contribution >= 0.6 is 0 Å². The minimum atomic E-state index is -0.759. The van der Waals surface area contributed by atoms with Gasteiger partial charge in [-0.1, -0.05) is 78.9 Å². The van der Waals surface area contributed by atoms with E-state index in [4.69, 9.17) is 0 Å². The van der Waals surface area contributed by atoms with Gasteiger partial charge in [0, 0.05) is 25.7 Å². The van der Waals surface area contributed by atoms with Crippen LogP contribution in [-0.4, -0.2) is 53.1 Å². The monoisotopic (exact) mass is 400 g/mol. The van der Waals surface area contributed by atoms with Crippen LogP contribution in [0.4, 0.5) is 0 Å². The van der Waals surface area contributed by atoms with Gasteiger partial charge in [0.15, 0.2) is 0 Å². The lowest BCUT2D eigenvalue weighted by Crippen LogP contribution is -2.54. The van der Waals surface area contributed by atoms with Crippen molar-refractivity contribution in [3.05, 3.63) is 96.1 Å². The quantitative estimate of drug-likeness (QED) is 0.660. The van der Waals surface area contributed by atoms with Crippen LogP contribution in [0.5, 0.6) is 0 Å². The van der Waals surface area contributed by atoms with Gasteiger partial charge in [0.1, 0.15) is 0 Å². The number of aliphatic carboxylic acids is 1. The largest absolute Gasteiger partial charge is 0.480 e. The van der Waals surface area contributed by atoms with Crippen LogP contribution in [-0.2, 0) is 4.79 Å². The van der Waals surface area contributed by atoms with Crippen molar-refractivity contribution in [3.63, 3.8) is 0 Å². The molecule has 154 valence electrons. The van der Waals surface area contributed by atoms with E-state index < -0.39 is 5.97 Å². The molecular weight excluding hydrogens is 372 g/mol. The van der Waals surface area contributed by atoms with Crippen LogP contribution < -0.4 is 0 Å². The lowest BCUT2D eigenvalue weighted by atomic mass is 9.93. The van der Waals surface area contributed by atoms with Crippen LogP contribution in [0.1, 0.15) is 24.1 Å². The summed E-state index contributed by atoms with van der Waals surface area (Å²) in [6.45, 7) is 4.66. The van der Waals surface area contributed by atoms with Gasteiger partial charge in [-0.25, -0.2) is 0 Å². The number of carboxylic acids is 1. The number of hydrogen-bond acceptors (Lipinski definition) is 3. The number of piperazine rings is 1. The Morgan fingerprint density at radius 1 is 0.900 bits per heavy atom. The van der Waals surface area contributed by atoms with Crippen LogP contribution in [0.2, 0.25) is 0 Å². The second-order valence-electron chi connectivity index (χ2n) is 8.01. The Labute approximate surface area is 178 Å². The molecule has 3 aromatic rings. The first-order valence-electron chi connectivity index (χ1n) is 10.5. The fraction of sp³-hybridized carbons (Fsp3) is 0.269. The number of nitrogens with zero attached hydrogens (tertiary/aromatic N) is 2. The summed E-state index contributed by atoms with van der Waals surface area (Å²) in [4.78, 5) is 15.7. The molecule has 0 aromatic heterocycles. The standard InChI is InChI=1S/C26H28N2O2/c1-20-18-28(16-15-27(20)19-25(29)30)26(22-11-6-3-7-12-22)24-14-8-13-23(17-24)21-9-4-2-5-10-21/h2-14,17,20,26H,15-16,18-19H2,1H3,(H,29,30)/t20?,26-/m1/s1. The topological polar surface area (TPSA) is 43.8 Å². The maximum Gasteiger partial charge on any atom is 0.317 e. The lowest BCUT2D eigenvalue weighted by Gasteiger charge is -2.43. The maximum absolute atomic E-state index is 11.2. The zero-order chi connectivity index (χ0) is 20.9. The van der Waals surface area contributed by atoms with Crippen LogP contribution in [0.3, 0.4) is 0 Å². The smallest absolute Gasteiger partial charge is 0.317 e. The minimum Gasteiger partial charge on any atom is -0.480 e. The molecule has 1 unspecified atom stereocenters. The molecule has 1 heterocycles. The summed E-state index contributed by atoms with van der Waals surface area (Å²) in [6.07, 6.45) is 0. The summed E-state index contributed by atoms with van der Waals surface area (Å²) in [5, 5.41) is 9.20. The lowest BCUT2D eigenvalue weighted by molar-refractivity contribution is -0.139. The zero-order valence-electron chi connectivity index (χ0n) is 17.3. The normalized spacial score (nSPS) is 18.8. The molecule has 0 aliphatic carbocycles. The summed E-state index contributed by atoms with van der Waals surface area (Å²) >= 11 is 0. The summed E-state index contributed by atoms with van der Waals surface area (Å²) in [6, 6.07) is 30.2. The van der Waals surface area contributed by atoms with Gasteiger partial charge in [0.25, 0.3) is 0 Å². The van der Waals surface area contributed by atoms with Gasteiger partial charge in [-0.3, -0.25) is 14.6 Å². The Bertz CT molecular complexity index is 975. The molecule has 1 aliphatic heterocycles. The van der Waals surface area contributed by atoms with E-state index in [0.29, 0.717) is 0 Å². The zero-order valence-corrected chi connectivity index (χ0v) is 17.3. The predicted octanol–water partition coefficient (Wildman–Crippen LogP) is 4.53. The van der Waals surface area contributed by atoms with Gasteiger partial charge in [-0.2, -0.15) is 0 Å². The van der Waals surface area contributed by atoms with Gasteiger partial charge in [0.2, 0.25) is 0 Å². The van der Waals surface area contributed by atoms with Crippen molar-refractivity contribution >= 4 is 5.97 Å². The van der Waals surface area contributed by atoms with E-state index in [0.717, 1.165) is 19.6 Å². The van der Waals surface area contributed by atoms with Crippen molar-refractivity contribution in [2.45, 2.75) is 19.0 Å². The molecule has 0 spiro atoms. The van der Waals surface area contributed by atoms with Crippen molar-refractivity contribution in [1.29, 1.82) is 0 Å². The Morgan fingerprint density at radius 2 is 1.53 bits per heavy atom. The van der Waals surface area contributed by atoms with E-state index in [1.54, 1.807) is 0 Å². The minimum absolute atomic E-state index is 0.106. The van der Waals surface area contributed by atoms with E-state index in [9.17, 15) is 9.90 Å². The third-order valence-electron chi connectivity index (χ3n) is 5.92.